The van der Waals surface area contributed by atoms with Gasteiger partial charge in [0.05, 0.1) is 9.82 Å². The largest absolute Gasteiger partial charge is 0.350 e. The van der Waals surface area contributed by atoms with E-state index < -0.39 is 14.8 Å². The molecular weight excluding hydrogens is 296 g/mol. The summed E-state index contributed by atoms with van der Waals surface area (Å²) < 4.78 is 22.6. The molecule has 2 rings (SSSR count). The molecule has 0 radical (unpaired) electrons. The molecule has 8 nitrogen and oxygen atoms in total. The molecule has 110 valence electrons. The molecule has 0 saturated carbocycles. The van der Waals surface area contributed by atoms with Gasteiger partial charge < -0.3 is 5.32 Å². The van der Waals surface area contributed by atoms with Crippen molar-refractivity contribution in [1.82, 2.24) is 9.97 Å². The Morgan fingerprint density at radius 1 is 1.19 bits per heavy atom. The van der Waals surface area contributed by atoms with Gasteiger partial charge in [-0.15, -0.1) is 0 Å². The summed E-state index contributed by atoms with van der Waals surface area (Å²) in [4.78, 5) is 17.8. The van der Waals surface area contributed by atoms with E-state index in [-0.39, 0.29) is 16.5 Å². The smallest absolute Gasteiger partial charge is 0.305 e. The maximum absolute atomic E-state index is 11.3. The lowest BCUT2D eigenvalue weighted by Crippen LogP contribution is -2.04. The predicted octanol–water partition coefficient (Wildman–Crippen LogP) is 1.40. The molecule has 0 aliphatic carbocycles. The fourth-order valence-electron chi connectivity index (χ4n) is 1.54. The van der Waals surface area contributed by atoms with E-state index in [9.17, 15) is 18.5 Å². The first-order valence-electron chi connectivity index (χ1n) is 5.85. The lowest BCUT2D eigenvalue weighted by atomic mass is 10.2. The Morgan fingerprint density at radius 3 is 2.24 bits per heavy atom. The van der Waals surface area contributed by atoms with Gasteiger partial charge in [0.1, 0.15) is 12.4 Å². The van der Waals surface area contributed by atoms with E-state index >= 15 is 0 Å². The second-order valence-corrected chi connectivity index (χ2v) is 6.31. The zero-order valence-electron chi connectivity index (χ0n) is 11.1. The molecule has 0 unspecified atom stereocenters. The molecule has 2 aromatic rings. The van der Waals surface area contributed by atoms with E-state index in [0.717, 1.165) is 24.2 Å². The lowest BCUT2D eigenvalue weighted by molar-refractivity contribution is -0.385. The van der Waals surface area contributed by atoms with Crippen LogP contribution in [0.15, 0.2) is 41.6 Å². The number of hydrogen-bond acceptors (Lipinski definition) is 7. The molecule has 0 fully saturated rings. The van der Waals surface area contributed by atoms with E-state index in [1.165, 1.54) is 12.1 Å². The molecule has 0 spiro atoms. The highest BCUT2D eigenvalue weighted by Gasteiger charge is 2.08. The molecule has 9 heteroatoms. The van der Waals surface area contributed by atoms with Crippen molar-refractivity contribution in [3.8, 4) is 0 Å². The van der Waals surface area contributed by atoms with Crippen LogP contribution in [0.2, 0.25) is 0 Å². The van der Waals surface area contributed by atoms with E-state index in [4.69, 9.17) is 0 Å². The van der Waals surface area contributed by atoms with Crippen molar-refractivity contribution in [3.05, 3.63) is 52.3 Å². The van der Waals surface area contributed by atoms with Crippen LogP contribution in [0.5, 0.6) is 0 Å². The summed E-state index contributed by atoms with van der Waals surface area (Å²) in [5, 5.41) is 13.4. The molecule has 0 amide bonds. The summed E-state index contributed by atoms with van der Waals surface area (Å²) in [6, 6.07) is 6.38. The van der Waals surface area contributed by atoms with Crippen molar-refractivity contribution >= 4 is 21.5 Å². The molecular formula is C12H12N4O4S. The maximum Gasteiger partial charge on any atom is 0.305 e. The van der Waals surface area contributed by atoms with Gasteiger partial charge in [-0.05, 0) is 17.7 Å². The topological polar surface area (TPSA) is 115 Å². The number of benzene rings is 1. The summed E-state index contributed by atoms with van der Waals surface area (Å²) >= 11 is 0. The molecule has 21 heavy (non-hydrogen) atoms. The summed E-state index contributed by atoms with van der Waals surface area (Å²) in [5.41, 5.74) is 0.655. The molecule has 0 aliphatic rings. The SMILES string of the molecule is CS(=O)(=O)c1ccc(CNc2ncc([N+](=O)[O-])cn2)cc1. The van der Waals surface area contributed by atoms with E-state index in [2.05, 4.69) is 15.3 Å². The van der Waals surface area contributed by atoms with E-state index in [1.807, 2.05) is 0 Å². The van der Waals surface area contributed by atoms with E-state index in [1.54, 1.807) is 12.1 Å². The predicted molar refractivity (Wildman–Crippen MR) is 75.6 cm³/mol. The van der Waals surface area contributed by atoms with Crippen molar-refractivity contribution < 1.29 is 13.3 Å². The molecule has 0 atom stereocenters. The molecule has 1 heterocycles. The fourth-order valence-corrected chi connectivity index (χ4v) is 2.17. The Bertz CT molecular complexity index is 742. The highest BCUT2D eigenvalue weighted by molar-refractivity contribution is 7.90. The zero-order chi connectivity index (χ0) is 15.5. The quantitative estimate of drug-likeness (QED) is 0.655. The second kappa shape index (κ2) is 5.83. The Morgan fingerprint density at radius 2 is 1.76 bits per heavy atom. The highest BCUT2D eigenvalue weighted by Crippen LogP contribution is 2.12. The number of nitro groups is 1. The van der Waals surface area contributed by atoms with Crippen molar-refractivity contribution in [2.45, 2.75) is 11.4 Å². The first-order chi connectivity index (χ1) is 9.86. The number of anilines is 1. The number of hydrogen-bond donors (Lipinski definition) is 1. The van der Waals surface area contributed by atoms with Crippen LogP contribution in [0.4, 0.5) is 11.6 Å². The summed E-state index contributed by atoms with van der Waals surface area (Å²) in [7, 11) is -3.21. The summed E-state index contributed by atoms with van der Waals surface area (Å²) in [5.74, 6) is 0.257. The maximum atomic E-state index is 11.3. The van der Waals surface area contributed by atoms with Gasteiger partial charge in [0.2, 0.25) is 5.95 Å². The van der Waals surface area contributed by atoms with Crippen LogP contribution in [0.1, 0.15) is 5.56 Å². The Labute approximate surface area is 120 Å². The number of sulfone groups is 1. The van der Waals surface area contributed by atoms with Crippen LogP contribution in [-0.4, -0.2) is 29.6 Å². The van der Waals surface area contributed by atoms with Gasteiger partial charge >= 0.3 is 5.69 Å². The molecule has 1 aromatic heterocycles. The Balaban J connectivity index is 2.01. The van der Waals surface area contributed by atoms with Crippen LogP contribution in [-0.2, 0) is 16.4 Å². The third-order valence-corrected chi connectivity index (χ3v) is 3.78. The summed E-state index contributed by atoms with van der Waals surface area (Å²) in [6.07, 6.45) is 3.37. The number of rotatable bonds is 5. The Hall–Kier alpha value is -2.55. The fraction of sp³-hybridized carbons (Fsp3) is 0.167. The van der Waals surface area contributed by atoms with Gasteiger partial charge in [-0.2, -0.15) is 0 Å². The second-order valence-electron chi connectivity index (χ2n) is 4.29. The number of nitrogens with one attached hydrogen (secondary N) is 1. The zero-order valence-corrected chi connectivity index (χ0v) is 11.9. The minimum Gasteiger partial charge on any atom is -0.350 e. The molecule has 0 bridgehead atoms. The number of nitrogens with zero attached hydrogens (tertiary/aromatic N) is 3. The van der Waals surface area contributed by atoms with Crippen molar-refractivity contribution in [3.63, 3.8) is 0 Å². The average Bonchev–Trinajstić information content (AvgIpc) is 2.45. The third-order valence-electron chi connectivity index (χ3n) is 2.65. The monoisotopic (exact) mass is 308 g/mol. The average molecular weight is 308 g/mol. The van der Waals surface area contributed by atoms with Crippen LogP contribution < -0.4 is 5.32 Å². The summed E-state index contributed by atoms with van der Waals surface area (Å²) in [6.45, 7) is 0.377. The van der Waals surface area contributed by atoms with Gasteiger partial charge in [-0.25, -0.2) is 18.4 Å². The Kier molecular flexibility index (Phi) is 4.13. The first-order valence-corrected chi connectivity index (χ1v) is 7.75. The van der Waals surface area contributed by atoms with Gasteiger partial charge in [-0.1, -0.05) is 12.1 Å². The number of aromatic nitrogens is 2. The minimum atomic E-state index is -3.21. The molecule has 0 saturated heterocycles. The highest BCUT2D eigenvalue weighted by atomic mass is 32.2. The molecule has 1 aromatic carbocycles. The van der Waals surface area contributed by atoms with E-state index in [0.29, 0.717) is 6.54 Å². The molecule has 0 aliphatic heterocycles. The van der Waals surface area contributed by atoms with Crippen LogP contribution >= 0.6 is 0 Å². The van der Waals surface area contributed by atoms with Crippen LogP contribution in [0.25, 0.3) is 0 Å². The van der Waals surface area contributed by atoms with Crippen molar-refractivity contribution in [2.24, 2.45) is 0 Å². The van der Waals surface area contributed by atoms with Crippen LogP contribution in [0.3, 0.4) is 0 Å². The van der Waals surface area contributed by atoms with Gasteiger partial charge in [0.15, 0.2) is 9.84 Å². The standard InChI is InChI=1S/C12H12N4O4S/c1-21(19,20)11-4-2-9(3-5-11)6-13-12-14-7-10(8-15-12)16(17)18/h2-5,7-8H,6H2,1H3,(H,13,14,15). The molecule has 1 N–H and O–H groups in total. The van der Waals surface area contributed by atoms with Crippen molar-refractivity contribution in [1.29, 1.82) is 0 Å². The third kappa shape index (κ3) is 3.96. The first kappa shape index (κ1) is 14.9. The van der Waals surface area contributed by atoms with Crippen molar-refractivity contribution in [2.75, 3.05) is 11.6 Å². The van der Waals surface area contributed by atoms with Gasteiger partial charge in [-0.3, -0.25) is 10.1 Å². The van der Waals surface area contributed by atoms with Gasteiger partial charge in [0.25, 0.3) is 0 Å². The minimum absolute atomic E-state index is 0.182. The van der Waals surface area contributed by atoms with Crippen LogP contribution in [0, 0.1) is 10.1 Å². The van der Waals surface area contributed by atoms with Gasteiger partial charge in [0, 0.05) is 12.8 Å². The lowest BCUT2D eigenvalue weighted by Gasteiger charge is -2.05. The normalized spacial score (nSPS) is 11.1.